The van der Waals surface area contributed by atoms with Gasteiger partial charge in [-0.2, -0.15) is 0 Å². The fraction of sp³-hybridized carbons (Fsp3) is 0.213. The summed E-state index contributed by atoms with van der Waals surface area (Å²) in [5.41, 5.74) is 23.8. The van der Waals surface area contributed by atoms with Gasteiger partial charge in [0.05, 0.1) is 28.1 Å². The summed E-state index contributed by atoms with van der Waals surface area (Å²) in [6, 6.07) is 62.7. The molecule has 0 saturated heterocycles. The lowest BCUT2D eigenvalue weighted by atomic mass is 9.33. The number of aromatic nitrogens is 1. The van der Waals surface area contributed by atoms with Gasteiger partial charge in [-0.15, -0.1) is 0 Å². The van der Waals surface area contributed by atoms with Crippen molar-refractivity contribution in [2.45, 2.75) is 85.5 Å². The highest BCUT2D eigenvalue weighted by molar-refractivity contribution is 7.00. The van der Waals surface area contributed by atoms with Gasteiger partial charge in [0.15, 0.2) is 0 Å². The average molecular weight is 857 g/mol. The molecule has 0 saturated carbocycles. The fourth-order valence-corrected chi connectivity index (χ4v) is 11.2. The van der Waals surface area contributed by atoms with Gasteiger partial charge >= 0.3 is 0 Å². The van der Waals surface area contributed by atoms with E-state index >= 15 is 0 Å². The van der Waals surface area contributed by atoms with E-state index in [0.717, 1.165) is 22.7 Å². The minimum Gasteiger partial charge on any atom is -0.311 e. The molecule has 4 nitrogen and oxygen atoms in total. The van der Waals surface area contributed by atoms with Crippen molar-refractivity contribution >= 4 is 96.1 Å². The molecule has 3 aliphatic heterocycles. The van der Waals surface area contributed by atoms with E-state index in [4.69, 9.17) is 0 Å². The number of fused-ring (bicyclic) bond motifs is 9. The Morgan fingerprint density at radius 1 is 0.424 bits per heavy atom. The van der Waals surface area contributed by atoms with Crippen LogP contribution < -0.4 is 31.1 Å². The number of nitrogens with zero attached hydrogens (tertiary/aromatic N) is 4. The Hall–Kier alpha value is -6.98. The van der Waals surface area contributed by atoms with Crippen molar-refractivity contribution in [3.8, 4) is 5.69 Å². The zero-order valence-corrected chi connectivity index (χ0v) is 40.0. The fourth-order valence-electron chi connectivity index (χ4n) is 11.2. The first kappa shape index (κ1) is 40.5. The van der Waals surface area contributed by atoms with Gasteiger partial charge in [0.25, 0.3) is 6.71 Å². The molecule has 3 aliphatic rings. The van der Waals surface area contributed by atoms with Gasteiger partial charge in [-0.1, -0.05) is 147 Å². The van der Waals surface area contributed by atoms with E-state index in [0.29, 0.717) is 0 Å². The smallest absolute Gasteiger partial charge is 0.252 e. The van der Waals surface area contributed by atoms with Gasteiger partial charge in [0, 0.05) is 50.6 Å². The van der Waals surface area contributed by atoms with Gasteiger partial charge in [-0.25, -0.2) is 0 Å². The summed E-state index contributed by atoms with van der Waals surface area (Å²) in [5, 5.41) is 2.57. The Balaban J connectivity index is 1.13. The summed E-state index contributed by atoms with van der Waals surface area (Å²) < 4.78 is 2.53. The topological polar surface area (TPSA) is 14.7 Å². The van der Waals surface area contributed by atoms with E-state index in [1.807, 2.05) is 0 Å². The minimum absolute atomic E-state index is 0.00381. The molecule has 0 unspecified atom stereocenters. The SMILES string of the molecule is Cc1cc2c3c(c1)N1c4c(cccc4-n4c5ccccc5c5cccc1c54)B3c1ccc(N(c3ccc(C(C)(C)C)cc3)c3ccc(C(C)(C)C)cc3)cc1N2c1ccc(C(C)(C)C)cc1. The molecule has 12 rings (SSSR count). The number of anilines is 9. The molecule has 0 atom stereocenters. The van der Waals surface area contributed by atoms with Crippen LogP contribution in [0.4, 0.5) is 51.2 Å². The van der Waals surface area contributed by atoms with Gasteiger partial charge in [0.2, 0.25) is 0 Å². The molecule has 5 heteroatoms. The zero-order valence-electron chi connectivity index (χ0n) is 40.0. The van der Waals surface area contributed by atoms with Crippen LogP contribution in [0.3, 0.4) is 0 Å². The van der Waals surface area contributed by atoms with Gasteiger partial charge in [0.1, 0.15) is 0 Å². The molecule has 8 aromatic carbocycles. The number of hydrogen-bond donors (Lipinski definition) is 0. The average Bonchev–Trinajstić information content (AvgIpc) is 3.63. The third-order valence-corrected chi connectivity index (χ3v) is 14.6. The molecule has 9 aromatic rings. The van der Waals surface area contributed by atoms with Crippen LogP contribution in [0.5, 0.6) is 0 Å². The second kappa shape index (κ2) is 14.0. The van der Waals surface area contributed by atoms with Crippen LogP contribution in [0, 0.1) is 6.92 Å². The maximum atomic E-state index is 2.60. The van der Waals surface area contributed by atoms with Crippen molar-refractivity contribution < 1.29 is 0 Å². The number of benzene rings is 8. The molecule has 0 spiro atoms. The lowest BCUT2D eigenvalue weighted by Gasteiger charge is -2.46. The quantitative estimate of drug-likeness (QED) is 0.164. The monoisotopic (exact) mass is 856 g/mol. The molecule has 0 aliphatic carbocycles. The summed E-state index contributed by atoms with van der Waals surface area (Å²) in [6.45, 7) is 22.9. The predicted molar refractivity (Wildman–Crippen MR) is 284 cm³/mol. The van der Waals surface area contributed by atoms with Gasteiger partial charge in [-0.3, -0.25) is 0 Å². The number of rotatable bonds is 4. The molecule has 0 radical (unpaired) electrons. The van der Waals surface area contributed by atoms with E-state index in [1.54, 1.807) is 0 Å². The maximum Gasteiger partial charge on any atom is 0.252 e. The molecule has 0 fully saturated rings. The Bertz CT molecular complexity index is 3370. The van der Waals surface area contributed by atoms with E-state index in [2.05, 4.69) is 252 Å². The highest BCUT2D eigenvalue weighted by Gasteiger charge is 2.46. The second-order valence-electron chi connectivity index (χ2n) is 22.0. The van der Waals surface area contributed by atoms with E-state index < -0.39 is 0 Å². The van der Waals surface area contributed by atoms with Crippen molar-refractivity contribution in [1.82, 2.24) is 4.57 Å². The molecule has 0 N–H and O–H groups in total. The van der Waals surface area contributed by atoms with Gasteiger partial charge < -0.3 is 19.3 Å². The normalized spacial score (nSPS) is 13.8. The summed E-state index contributed by atoms with van der Waals surface area (Å²) >= 11 is 0. The van der Waals surface area contributed by atoms with Crippen molar-refractivity contribution in [3.05, 3.63) is 186 Å². The third kappa shape index (κ3) is 5.98. The van der Waals surface area contributed by atoms with Crippen LogP contribution in [0.25, 0.3) is 27.5 Å². The maximum absolute atomic E-state index is 2.60. The van der Waals surface area contributed by atoms with Crippen LogP contribution in [0.1, 0.15) is 84.6 Å². The summed E-state index contributed by atoms with van der Waals surface area (Å²) in [4.78, 5) is 7.61. The molecule has 0 bridgehead atoms. The zero-order chi connectivity index (χ0) is 45.6. The van der Waals surface area contributed by atoms with Crippen LogP contribution in [0.2, 0.25) is 0 Å². The molecule has 0 amide bonds. The molecule has 4 heterocycles. The highest BCUT2D eigenvalue weighted by atomic mass is 15.2. The molecular formula is C61H57BN4. The van der Waals surface area contributed by atoms with E-state index in [-0.39, 0.29) is 23.0 Å². The van der Waals surface area contributed by atoms with Crippen molar-refractivity contribution in [1.29, 1.82) is 0 Å². The highest BCUT2D eigenvalue weighted by Crippen LogP contribution is 2.53. The predicted octanol–water partition coefficient (Wildman–Crippen LogP) is 14.9. The molecule has 1 aromatic heterocycles. The molecular weight excluding hydrogens is 800 g/mol. The number of aryl methyl sites for hydroxylation is 1. The third-order valence-electron chi connectivity index (χ3n) is 14.6. The Labute approximate surface area is 390 Å². The first-order valence-corrected chi connectivity index (χ1v) is 23.7. The summed E-state index contributed by atoms with van der Waals surface area (Å²) in [7, 11) is 0. The lowest BCUT2D eigenvalue weighted by Crippen LogP contribution is -2.61. The lowest BCUT2D eigenvalue weighted by molar-refractivity contribution is 0.590. The van der Waals surface area contributed by atoms with E-state index in [9.17, 15) is 0 Å². The largest absolute Gasteiger partial charge is 0.311 e. The Kier molecular flexibility index (Phi) is 8.61. The minimum atomic E-state index is 0.00381. The molecule has 324 valence electrons. The van der Waals surface area contributed by atoms with Crippen LogP contribution in [-0.2, 0) is 16.2 Å². The number of hydrogen-bond acceptors (Lipinski definition) is 3. The van der Waals surface area contributed by atoms with E-state index in [1.165, 1.54) is 94.6 Å². The first-order chi connectivity index (χ1) is 31.6. The van der Waals surface area contributed by atoms with Crippen molar-refractivity contribution in [2.24, 2.45) is 0 Å². The Morgan fingerprint density at radius 3 is 1.58 bits per heavy atom. The Morgan fingerprint density at radius 2 is 0.955 bits per heavy atom. The standard InChI is InChI=1S/C61H57BN4/c1-38-35-54-56-55(36-38)66-51-19-13-16-47-46-15-11-12-18-50(46)65(57(47)51)52-20-14-17-49(58(52)66)62(56)48-34-33-45(37-53(48)64(54)44-31-25-41(26-32-44)61(8,9)10)63(42-27-21-39(22-28-42)59(2,3)4)43-29-23-40(24-30-43)60(5,6)7/h11-37H,1-10H3. The second-order valence-corrected chi connectivity index (χ2v) is 22.0. The summed E-state index contributed by atoms with van der Waals surface area (Å²) in [6.07, 6.45) is 0. The number of para-hydroxylation sites is 3. The van der Waals surface area contributed by atoms with Crippen LogP contribution in [-0.4, -0.2) is 11.3 Å². The van der Waals surface area contributed by atoms with Gasteiger partial charge in [-0.05, 0) is 141 Å². The van der Waals surface area contributed by atoms with Crippen molar-refractivity contribution in [2.75, 3.05) is 14.7 Å². The first-order valence-electron chi connectivity index (χ1n) is 23.7. The molecule has 66 heavy (non-hydrogen) atoms. The van der Waals surface area contributed by atoms with Crippen LogP contribution in [0.15, 0.2) is 164 Å². The van der Waals surface area contributed by atoms with Crippen molar-refractivity contribution in [3.63, 3.8) is 0 Å². The van der Waals surface area contributed by atoms with Crippen LogP contribution >= 0.6 is 0 Å². The summed E-state index contributed by atoms with van der Waals surface area (Å²) in [5.74, 6) is 0.